The summed E-state index contributed by atoms with van der Waals surface area (Å²) in [5.41, 5.74) is -2.40. The van der Waals surface area contributed by atoms with Crippen LogP contribution in [0, 0.1) is 5.92 Å². The van der Waals surface area contributed by atoms with Crippen LogP contribution >= 0.6 is 0 Å². The molecule has 0 aliphatic carbocycles. The van der Waals surface area contributed by atoms with Crippen LogP contribution in [0.1, 0.15) is 81.6 Å². The molecule has 1 rings (SSSR count). The van der Waals surface area contributed by atoms with Crippen LogP contribution in [0.3, 0.4) is 0 Å². The van der Waals surface area contributed by atoms with E-state index in [2.05, 4.69) is 5.32 Å². The summed E-state index contributed by atoms with van der Waals surface area (Å²) in [6.45, 7) is 15.5. The molecule has 4 atom stereocenters. The zero-order chi connectivity index (χ0) is 25.8. The largest absolute Gasteiger partial charge is 0.458 e. The minimum Gasteiger partial charge on any atom is -0.458 e. The van der Waals surface area contributed by atoms with Gasteiger partial charge in [-0.2, -0.15) is 0 Å². The zero-order valence-electron chi connectivity index (χ0n) is 22.0. The number of hydrogen-bond acceptors (Lipinski definition) is 7. The lowest BCUT2D eigenvalue weighted by Gasteiger charge is -2.46. The lowest BCUT2D eigenvalue weighted by Crippen LogP contribution is -2.65. The first-order valence-corrected chi connectivity index (χ1v) is 11.7. The quantitative estimate of drug-likeness (QED) is 0.522. The Morgan fingerprint density at radius 3 is 1.91 bits per heavy atom. The third-order valence-corrected chi connectivity index (χ3v) is 6.05. The van der Waals surface area contributed by atoms with Gasteiger partial charge in [0.25, 0.3) is 0 Å². The molecule has 1 heterocycles. The number of likely N-dealkylation sites (tertiary alicyclic amines) is 1. The molecule has 2 N–H and O–H groups in total. The number of carbonyl (C=O) groups excluding carboxylic acids is 3. The number of hydrogen-bond donors (Lipinski definition) is 2. The van der Waals surface area contributed by atoms with Crippen LogP contribution in [-0.4, -0.2) is 76.6 Å². The van der Waals surface area contributed by atoms with Gasteiger partial charge in [0.05, 0.1) is 17.7 Å². The Hall–Kier alpha value is -1.87. The number of ether oxygens (including phenoxy) is 3. The maximum atomic E-state index is 13.5. The predicted molar refractivity (Wildman–Crippen MR) is 125 cm³/mol. The van der Waals surface area contributed by atoms with Crippen molar-refractivity contribution in [1.82, 2.24) is 10.2 Å². The average Bonchev–Trinajstić information content (AvgIpc) is 3.05. The van der Waals surface area contributed by atoms with Gasteiger partial charge in [0, 0.05) is 26.6 Å². The standard InChI is InChI=1S/C24H44N2O7/c1-11-24(12-2,31-10)19(25-15(3)28)18-16(14-27)13-17(20(29)32-22(4,5)6)26(18)21(30)33-23(7,8)9/h16-19,27H,11-14H2,1-10H3,(H,25,28)/t16-,17+,18+,19?/m0/s1. The fourth-order valence-electron chi connectivity index (χ4n) is 4.59. The molecule has 0 radical (unpaired) electrons. The Kier molecular flexibility index (Phi) is 9.75. The molecule has 0 aromatic carbocycles. The molecule has 0 spiro atoms. The second-order valence-electron chi connectivity index (χ2n) is 10.8. The lowest BCUT2D eigenvalue weighted by molar-refractivity contribution is -0.161. The number of amides is 2. The topological polar surface area (TPSA) is 114 Å². The van der Waals surface area contributed by atoms with Gasteiger partial charge in [0.2, 0.25) is 5.91 Å². The lowest BCUT2D eigenvalue weighted by atomic mass is 9.79. The highest BCUT2D eigenvalue weighted by Crippen LogP contribution is 2.40. The van der Waals surface area contributed by atoms with Crippen LogP contribution < -0.4 is 5.32 Å². The van der Waals surface area contributed by atoms with E-state index < -0.39 is 52.9 Å². The van der Waals surface area contributed by atoms with Gasteiger partial charge in [-0.1, -0.05) is 13.8 Å². The van der Waals surface area contributed by atoms with Crippen LogP contribution in [0.5, 0.6) is 0 Å². The summed E-state index contributed by atoms with van der Waals surface area (Å²) in [5.74, 6) is -1.38. The first-order valence-electron chi connectivity index (χ1n) is 11.7. The number of carbonyl (C=O) groups is 3. The molecule has 0 saturated carbocycles. The first kappa shape index (κ1) is 29.2. The van der Waals surface area contributed by atoms with Gasteiger partial charge in [-0.05, 0) is 60.8 Å². The van der Waals surface area contributed by atoms with Crippen LogP contribution in [0.4, 0.5) is 4.79 Å². The van der Waals surface area contributed by atoms with E-state index in [9.17, 15) is 19.5 Å². The molecule has 1 fully saturated rings. The number of rotatable bonds is 8. The highest BCUT2D eigenvalue weighted by molar-refractivity contribution is 5.83. The van der Waals surface area contributed by atoms with Crippen molar-refractivity contribution in [3.63, 3.8) is 0 Å². The van der Waals surface area contributed by atoms with Crippen molar-refractivity contribution in [2.75, 3.05) is 13.7 Å². The summed E-state index contributed by atoms with van der Waals surface area (Å²) < 4.78 is 17.2. The smallest absolute Gasteiger partial charge is 0.411 e. The van der Waals surface area contributed by atoms with E-state index in [1.165, 1.54) is 11.8 Å². The summed E-state index contributed by atoms with van der Waals surface area (Å²) in [6, 6.07) is -2.40. The van der Waals surface area contributed by atoms with Gasteiger partial charge < -0.3 is 24.6 Å². The SMILES string of the molecule is CCC(CC)(OC)C(NC(C)=O)[C@H]1[C@H](CO)C[C@H](C(=O)OC(C)(C)C)N1C(=O)OC(C)(C)C. The van der Waals surface area contributed by atoms with Crippen LogP contribution in [-0.2, 0) is 23.8 Å². The van der Waals surface area contributed by atoms with Gasteiger partial charge in [0.1, 0.15) is 17.2 Å². The maximum absolute atomic E-state index is 13.5. The average molecular weight is 473 g/mol. The molecule has 0 aromatic heterocycles. The van der Waals surface area contributed by atoms with E-state index in [1.807, 2.05) is 13.8 Å². The van der Waals surface area contributed by atoms with Crippen molar-refractivity contribution in [2.24, 2.45) is 5.92 Å². The number of aliphatic hydroxyl groups is 1. The Bertz CT molecular complexity index is 684. The fraction of sp³-hybridized carbons (Fsp3) is 0.875. The normalized spacial score (nSPS) is 22.6. The molecule has 1 aliphatic rings. The zero-order valence-corrected chi connectivity index (χ0v) is 22.0. The Labute approximate surface area is 198 Å². The molecule has 1 aliphatic heterocycles. The van der Waals surface area contributed by atoms with Crippen LogP contribution in [0.2, 0.25) is 0 Å². The fourth-order valence-corrected chi connectivity index (χ4v) is 4.59. The Balaban J connectivity index is 3.67. The molecule has 0 bridgehead atoms. The number of methoxy groups -OCH3 is 1. The molecular weight excluding hydrogens is 428 g/mol. The highest BCUT2D eigenvalue weighted by Gasteiger charge is 2.56. The van der Waals surface area contributed by atoms with Crippen molar-refractivity contribution < 1.29 is 33.7 Å². The molecule has 2 amide bonds. The third-order valence-electron chi connectivity index (χ3n) is 6.05. The van der Waals surface area contributed by atoms with Crippen molar-refractivity contribution in [3.8, 4) is 0 Å². The molecule has 33 heavy (non-hydrogen) atoms. The summed E-state index contributed by atoms with van der Waals surface area (Å²) in [5, 5.41) is 13.2. The van der Waals surface area contributed by atoms with Gasteiger partial charge in [-0.3, -0.25) is 9.69 Å². The molecule has 192 valence electrons. The minimum atomic E-state index is -0.972. The van der Waals surface area contributed by atoms with Crippen molar-refractivity contribution in [2.45, 2.75) is 117 Å². The summed E-state index contributed by atoms with van der Waals surface area (Å²) in [4.78, 5) is 40.2. The second-order valence-corrected chi connectivity index (χ2v) is 10.8. The molecule has 1 saturated heterocycles. The van der Waals surface area contributed by atoms with E-state index in [0.717, 1.165) is 0 Å². The number of esters is 1. The van der Waals surface area contributed by atoms with Gasteiger partial charge in [-0.25, -0.2) is 9.59 Å². The van der Waals surface area contributed by atoms with E-state index in [4.69, 9.17) is 14.2 Å². The molecule has 0 aromatic rings. The number of nitrogens with one attached hydrogen (secondary N) is 1. The Morgan fingerprint density at radius 2 is 1.55 bits per heavy atom. The van der Waals surface area contributed by atoms with Crippen molar-refractivity contribution in [1.29, 1.82) is 0 Å². The summed E-state index contributed by atoms with van der Waals surface area (Å²) in [7, 11) is 1.56. The van der Waals surface area contributed by atoms with Gasteiger partial charge in [0.15, 0.2) is 0 Å². The Morgan fingerprint density at radius 1 is 1.03 bits per heavy atom. The van der Waals surface area contributed by atoms with E-state index in [1.54, 1.807) is 48.7 Å². The van der Waals surface area contributed by atoms with Crippen LogP contribution in [0.25, 0.3) is 0 Å². The number of aliphatic hydroxyl groups excluding tert-OH is 1. The molecular formula is C24H44N2O7. The third kappa shape index (κ3) is 7.30. The van der Waals surface area contributed by atoms with E-state index in [-0.39, 0.29) is 18.9 Å². The predicted octanol–water partition coefficient (Wildman–Crippen LogP) is 3.02. The second kappa shape index (κ2) is 11.0. The van der Waals surface area contributed by atoms with E-state index >= 15 is 0 Å². The molecule has 9 heteroatoms. The number of nitrogens with zero attached hydrogens (tertiary/aromatic N) is 1. The molecule has 1 unspecified atom stereocenters. The van der Waals surface area contributed by atoms with Gasteiger partial charge in [-0.15, -0.1) is 0 Å². The summed E-state index contributed by atoms with van der Waals surface area (Å²) in [6.07, 6.45) is 0.558. The van der Waals surface area contributed by atoms with E-state index in [0.29, 0.717) is 12.8 Å². The van der Waals surface area contributed by atoms with Crippen LogP contribution in [0.15, 0.2) is 0 Å². The summed E-state index contributed by atoms with van der Waals surface area (Å²) >= 11 is 0. The van der Waals surface area contributed by atoms with Crippen molar-refractivity contribution in [3.05, 3.63) is 0 Å². The van der Waals surface area contributed by atoms with Gasteiger partial charge >= 0.3 is 12.1 Å². The molecule has 9 nitrogen and oxygen atoms in total. The first-order chi connectivity index (χ1) is 15.1. The van der Waals surface area contributed by atoms with Crippen molar-refractivity contribution >= 4 is 18.0 Å². The minimum absolute atomic E-state index is 0.179. The monoisotopic (exact) mass is 472 g/mol. The maximum Gasteiger partial charge on any atom is 0.411 e. The highest BCUT2D eigenvalue weighted by atomic mass is 16.6.